The summed E-state index contributed by atoms with van der Waals surface area (Å²) in [7, 11) is 0. The molecule has 0 aromatic heterocycles. The molecule has 0 aliphatic carbocycles. The van der Waals surface area contributed by atoms with E-state index >= 15 is 0 Å². The normalized spacial score (nSPS) is 3.43. The zero-order valence-electron chi connectivity index (χ0n) is 4.14. The molecule has 0 saturated carbocycles. The van der Waals surface area contributed by atoms with E-state index in [4.69, 9.17) is 15.0 Å². The van der Waals surface area contributed by atoms with Gasteiger partial charge in [0.05, 0.1) is 0 Å². The van der Waals surface area contributed by atoms with Crippen LogP contribution in [0.2, 0.25) is 0 Å². The summed E-state index contributed by atoms with van der Waals surface area (Å²) < 4.78 is 0. The summed E-state index contributed by atoms with van der Waals surface area (Å²) in [6, 6.07) is 0. The summed E-state index contributed by atoms with van der Waals surface area (Å²) in [6.07, 6.45) is -2.08. The Morgan fingerprint density at radius 3 is 1.57 bits per heavy atom. The van der Waals surface area contributed by atoms with Crippen LogP contribution < -0.4 is 65.9 Å². The second kappa shape index (κ2) is 15.7. The van der Waals surface area contributed by atoms with E-state index in [9.17, 15) is 0 Å². The fourth-order valence-electron chi connectivity index (χ4n) is 0. The number of carboxylic acid groups (broad SMARTS) is 2. The molecule has 0 aliphatic heterocycles. The molecular formula is CHClLiNaO3. The van der Waals surface area contributed by atoms with Crippen molar-refractivity contribution >= 4 is 6.16 Å². The van der Waals surface area contributed by atoms with Crippen molar-refractivity contribution in [3.8, 4) is 0 Å². The molecule has 0 unspecified atom stereocenters. The quantitative estimate of drug-likeness (QED) is 0.328. The van der Waals surface area contributed by atoms with Crippen molar-refractivity contribution in [1.82, 2.24) is 0 Å². The van der Waals surface area contributed by atoms with E-state index in [-0.39, 0.29) is 60.8 Å². The number of rotatable bonds is 0. The molecule has 32 valence electrons. The molecule has 0 heterocycles. The van der Waals surface area contributed by atoms with E-state index in [1.54, 1.807) is 0 Å². The van der Waals surface area contributed by atoms with Crippen molar-refractivity contribution in [3.05, 3.63) is 0 Å². The van der Waals surface area contributed by atoms with Gasteiger partial charge in [0, 0.05) is 0 Å². The van der Waals surface area contributed by atoms with Gasteiger partial charge in [-0.15, -0.1) is 0 Å². The summed E-state index contributed by atoms with van der Waals surface area (Å²) in [5.41, 5.74) is 0. The van der Waals surface area contributed by atoms with Crippen molar-refractivity contribution < 1.29 is 75.8 Å². The fourth-order valence-corrected chi connectivity index (χ4v) is 0. The van der Waals surface area contributed by atoms with Crippen molar-refractivity contribution in [2.75, 3.05) is 0 Å². The van der Waals surface area contributed by atoms with Crippen molar-refractivity contribution in [2.45, 2.75) is 0 Å². The van der Waals surface area contributed by atoms with Crippen LogP contribution in [0.4, 0.5) is 4.79 Å². The maximum Gasteiger partial charge on any atom is 1.00 e. The van der Waals surface area contributed by atoms with Crippen LogP contribution in [0.5, 0.6) is 0 Å². The Morgan fingerprint density at radius 2 is 1.57 bits per heavy atom. The summed E-state index contributed by atoms with van der Waals surface area (Å²) in [6.45, 7) is 0. The van der Waals surface area contributed by atoms with Crippen LogP contribution in [0.25, 0.3) is 0 Å². The largest absolute Gasteiger partial charge is 1.00 e. The van der Waals surface area contributed by atoms with Gasteiger partial charge < -0.3 is 27.4 Å². The van der Waals surface area contributed by atoms with Gasteiger partial charge in [-0.1, -0.05) is 0 Å². The summed E-state index contributed by atoms with van der Waals surface area (Å²) in [5, 5.41) is 15.3. The van der Waals surface area contributed by atoms with Crippen LogP contribution >= 0.6 is 0 Å². The Kier molecular flexibility index (Phi) is 54.2. The third-order valence-corrected chi connectivity index (χ3v) is 0. The number of halogens is 1. The molecule has 0 saturated heterocycles. The fraction of sp³-hybridized carbons (Fsp3) is 0. The Balaban J connectivity index is -0.0000000150. The Hall–Kier alpha value is 1.16. The van der Waals surface area contributed by atoms with Gasteiger partial charge in [-0.25, -0.2) is 0 Å². The van der Waals surface area contributed by atoms with Crippen LogP contribution in [-0.2, 0) is 0 Å². The van der Waals surface area contributed by atoms with Gasteiger partial charge in [-0.05, 0) is 0 Å². The molecule has 0 atom stereocenters. The Morgan fingerprint density at radius 1 is 1.57 bits per heavy atom. The molecule has 0 radical (unpaired) electrons. The Labute approximate surface area is 81.4 Å². The van der Waals surface area contributed by atoms with Gasteiger partial charge in [-0.3, -0.25) is 0 Å². The molecule has 1 N–H and O–H groups in total. The zero-order valence-corrected chi connectivity index (χ0v) is 6.90. The minimum Gasteiger partial charge on any atom is -1.00 e. The van der Waals surface area contributed by atoms with Crippen LogP contribution in [0.15, 0.2) is 0 Å². The maximum atomic E-state index is 8.44. The van der Waals surface area contributed by atoms with E-state index in [0.29, 0.717) is 0 Å². The zero-order chi connectivity index (χ0) is 3.58. The topological polar surface area (TPSA) is 60.4 Å². The molecule has 6 heteroatoms. The van der Waals surface area contributed by atoms with E-state index in [2.05, 4.69) is 0 Å². The first-order chi connectivity index (χ1) is 1.73. The number of carbonyl (C=O) groups is 1. The molecule has 0 spiro atoms. The third kappa shape index (κ3) is 142. The molecule has 0 aliphatic rings. The SMILES string of the molecule is O=C([O-])O.[Cl-].[Li+].[Na+]. The second-order valence-corrected chi connectivity index (χ2v) is 0.266. The van der Waals surface area contributed by atoms with Gasteiger partial charge in [-0.2, -0.15) is 0 Å². The third-order valence-electron chi connectivity index (χ3n) is 0. The van der Waals surface area contributed by atoms with Crippen molar-refractivity contribution in [3.63, 3.8) is 0 Å². The standard InChI is InChI=1S/CH2O3.ClH.Li.Na/c2-1(3)4;;;/h(H2,2,3,4);1H;;/q;;2*+1/p-2. The van der Waals surface area contributed by atoms with Crippen LogP contribution in [0.3, 0.4) is 0 Å². The molecule has 0 aromatic carbocycles. The smallest absolute Gasteiger partial charge is 1.00 e. The van der Waals surface area contributed by atoms with E-state index in [0.717, 1.165) is 0 Å². The monoisotopic (exact) mass is 126 g/mol. The first-order valence-corrected chi connectivity index (χ1v) is 0.632. The first kappa shape index (κ1) is 24.2. The molecule has 0 rings (SSSR count). The maximum absolute atomic E-state index is 8.44. The average molecular weight is 126 g/mol. The minimum atomic E-state index is -2.08. The van der Waals surface area contributed by atoms with Gasteiger partial charge in [0.2, 0.25) is 6.16 Å². The predicted octanol–water partition coefficient (Wildman–Crippen LogP) is -10.1. The molecule has 7 heavy (non-hydrogen) atoms. The van der Waals surface area contributed by atoms with E-state index in [1.807, 2.05) is 0 Å². The molecule has 0 fully saturated rings. The number of hydrogen-bond donors (Lipinski definition) is 1. The van der Waals surface area contributed by atoms with Crippen molar-refractivity contribution in [1.29, 1.82) is 0 Å². The first-order valence-electron chi connectivity index (χ1n) is 0.632. The Bertz CT molecular complexity index is 37.9. The summed E-state index contributed by atoms with van der Waals surface area (Å²) >= 11 is 0. The summed E-state index contributed by atoms with van der Waals surface area (Å²) in [5.74, 6) is 0. The van der Waals surface area contributed by atoms with E-state index in [1.165, 1.54) is 0 Å². The number of hydrogen-bond acceptors (Lipinski definition) is 2. The molecule has 0 aromatic rings. The van der Waals surface area contributed by atoms with Gasteiger partial charge in [0.1, 0.15) is 0 Å². The molecular weight excluding hydrogens is 125 g/mol. The molecule has 0 amide bonds. The second-order valence-electron chi connectivity index (χ2n) is 0.266. The minimum absolute atomic E-state index is 0. The molecule has 0 bridgehead atoms. The van der Waals surface area contributed by atoms with Crippen LogP contribution in [0.1, 0.15) is 0 Å². The van der Waals surface area contributed by atoms with Gasteiger partial charge in [0.15, 0.2) is 0 Å². The van der Waals surface area contributed by atoms with Crippen LogP contribution in [0, 0.1) is 0 Å². The average Bonchev–Trinajstić information content (AvgIpc) is 0.811. The van der Waals surface area contributed by atoms with Gasteiger partial charge in [0.25, 0.3) is 0 Å². The summed E-state index contributed by atoms with van der Waals surface area (Å²) in [4.78, 5) is 8.44. The van der Waals surface area contributed by atoms with E-state index < -0.39 is 6.16 Å². The van der Waals surface area contributed by atoms with Gasteiger partial charge >= 0.3 is 48.4 Å². The van der Waals surface area contributed by atoms with Crippen molar-refractivity contribution in [2.24, 2.45) is 0 Å². The predicted molar refractivity (Wildman–Crippen MR) is 8.02 cm³/mol. The van der Waals surface area contributed by atoms with Crippen LogP contribution in [-0.4, -0.2) is 11.3 Å². The molecule has 3 nitrogen and oxygen atoms in total.